The minimum Gasteiger partial charge on any atom is -0.378 e. The van der Waals surface area contributed by atoms with Crippen LogP contribution in [0.2, 0.25) is 0 Å². The molecule has 1 fully saturated rings. The highest BCUT2D eigenvalue weighted by molar-refractivity contribution is 9.10. The SMILES string of the molecule is O=C1C=C(N2CCOCC2)CC2=C1CC=C2c1cc2[nH]ccc2cc1Br. The number of fused-ring (bicyclic) bond motifs is 1. The van der Waals surface area contributed by atoms with Crippen LogP contribution in [0.5, 0.6) is 0 Å². The molecule has 1 saturated heterocycles. The molecule has 5 heteroatoms. The van der Waals surface area contributed by atoms with E-state index >= 15 is 0 Å². The first-order valence-corrected chi connectivity index (χ1v) is 9.77. The zero-order valence-electron chi connectivity index (χ0n) is 14.3. The van der Waals surface area contributed by atoms with E-state index in [4.69, 9.17) is 4.74 Å². The van der Waals surface area contributed by atoms with E-state index in [2.05, 4.69) is 50.1 Å². The monoisotopic (exact) mass is 410 g/mol. The number of H-pyrrole nitrogens is 1. The molecule has 1 N–H and O–H groups in total. The van der Waals surface area contributed by atoms with Crippen LogP contribution in [0.4, 0.5) is 0 Å². The summed E-state index contributed by atoms with van der Waals surface area (Å²) in [6.45, 7) is 3.18. The molecule has 0 unspecified atom stereocenters. The second-order valence-corrected chi connectivity index (χ2v) is 7.81. The van der Waals surface area contributed by atoms with Crippen LogP contribution in [0, 0.1) is 0 Å². The lowest BCUT2D eigenvalue weighted by Gasteiger charge is -2.33. The third-order valence-electron chi connectivity index (χ3n) is 5.50. The Kier molecular flexibility index (Phi) is 3.87. The quantitative estimate of drug-likeness (QED) is 0.806. The molecule has 4 nitrogen and oxygen atoms in total. The molecule has 0 bridgehead atoms. The Hall–Kier alpha value is -2.11. The molecular formula is C21H19BrN2O2. The van der Waals surface area contributed by atoms with Gasteiger partial charge in [-0.3, -0.25) is 4.79 Å². The number of rotatable bonds is 2. The smallest absolute Gasteiger partial charge is 0.184 e. The Bertz CT molecular complexity index is 1010. The van der Waals surface area contributed by atoms with E-state index in [0.29, 0.717) is 0 Å². The standard InChI is InChI=1S/C21H19BrN2O2/c22-19-9-13-3-4-23-20(13)12-18(19)15-1-2-16-17(15)10-14(11-21(16)25)24-5-7-26-8-6-24/h1,3-4,9,11-12,23H,2,5-8,10H2. The van der Waals surface area contributed by atoms with Crippen LogP contribution in [0.3, 0.4) is 0 Å². The lowest BCUT2D eigenvalue weighted by molar-refractivity contribution is -0.111. The molecule has 1 aromatic heterocycles. The predicted molar refractivity (Wildman–Crippen MR) is 106 cm³/mol. The summed E-state index contributed by atoms with van der Waals surface area (Å²) in [6, 6.07) is 6.39. The first kappa shape index (κ1) is 16.1. The molecule has 0 spiro atoms. The molecule has 1 aliphatic heterocycles. The van der Waals surface area contributed by atoms with E-state index in [1.54, 1.807) is 0 Å². The van der Waals surface area contributed by atoms with E-state index in [1.807, 2.05) is 12.3 Å². The largest absolute Gasteiger partial charge is 0.378 e. The first-order chi connectivity index (χ1) is 12.7. The molecule has 3 aliphatic rings. The molecule has 2 aromatic rings. The maximum absolute atomic E-state index is 12.7. The number of hydrogen-bond acceptors (Lipinski definition) is 3. The van der Waals surface area contributed by atoms with Crippen molar-refractivity contribution < 1.29 is 9.53 Å². The zero-order chi connectivity index (χ0) is 17.7. The van der Waals surface area contributed by atoms with Crippen molar-refractivity contribution in [3.63, 3.8) is 0 Å². The van der Waals surface area contributed by atoms with Gasteiger partial charge in [0.2, 0.25) is 0 Å². The van der Waals surface area contributed by atoms with Crippen LogP contribution in [0.1, 0.15) is 18.4 Å². The lowest BCUT2D eigenvalue weighted by atomic mass is 9.89. The maximum atomic E-state index is 12.7. The molecule has 1 aromatic carbocycles. The highest BCUT2D eigenvalue weighted by atomic mass is 79.9. The van der Waals surface area contributed by atoms with E-state index in [0.717, 1.165) is 66.0 Å². The van der Waals surface area contributed by atoms with Gasteiger partial charge in [-0.25, -0.2) is 0 Å². The van der Waals surface area contributed by atoms with E-state index in [1.165, 1.54) is 16.5 Å². The molecule has 5 rings (SSSR count). The van der Waals surface area contributed by atoms with Gasteiger partial charge in [-0.05, 0) is 41.3 Å². The Morgan fingerprint density at radius 1 is 1.15 bits per heavy atom. The Morgan fingerprint density at radius 3 is 2.85 bits per heavy atom. The zero-order valence-corrected chi connectivity index (χ0v) is 15.9. The fourth-order valence-electron chi connectivity index (χ4n) is 4.14. The number of nitrogens with one attached hydrogen (secondary N) is 1. The van der Waals surface area contributed by atoms with Crippen LogP contribution in [0.25, 0.3) is 16.5 Å². The molecule has 0 radical (unpaired) electrons. The maximum Gasteiger partial charge on any atom is 0.184 e. The number of benzene rings is 1. The fourth-order valence-corrected chi connectivity index (χ4v) is 4.71. The van der Waals surface area contributed by atoms with E-state index in [9.17, 15) is 4.79 Å². The third kappa shape index (κ3) is 2.58. The Balaban J connectivity index is 1.51. The van der Waals surface area contributed by atoms with Gasteiger partial charge in [-0.15, -0.1) is 0 Å². The van der Waals surface area contributed by atoms with Crippen LogP contribution in [0.15, 0.2) is 57.9 Å². The number of nitrogens with zero attached hydrogens (tertiary/aromatic N) is 1. The summed E-state index contributed by atoms with van der Waals surface area (Å²) in [5.41, 5.74) is 6.73. The molecule has 0 amide bonds. The topological polar surface area (TPSA) is 45.3 Å². The van der Waals surface area contributed by atoms with Gasteiger partial charge < -0.3 is 14.6 Å². The van der Waals surface area contributed by atoms with Gasteiger partial charge >= 0.3 is 0 Å². The van der Waals surface area contributed by atoms with Crippen LogP contribution in [-0.4, -0.2) is 42.0 Å². The summed E-state index contributed by atoms with van der Waals surface area (Å²) in [6.07, 6.45) is 7.55. The van der Waals surface area contributed by atoms with Crippen molar-refractivity contribution in [2.45, 2.75) is 12.8 Å². The van der Waals surface area contributed by atoms with Crippen molar-refractivity contribution in [1.82, 2.24) is 9.88 Å². The summed E-state index contributed by atoms with van der Waals surface area (Å²) in [5, 5.41) is 1.18. The van der Waals surface area contributed by atoms with Crippen molar-refractivity contribution in [3.05, 3.63) is 63.4 Å². The van der Waals surface area contributed by atoms with Crippen LogP contribution >= 0.6 is 15.9 Å². The van der Waals surface area contributed by atoms with Gasteiger partial charge in [0, 0.05) is 58.4 Å². The number of aromatic amines is 1. The number of ether oxygens (including phenoxy) is 1. The number of carbonyl (C=O) groups excluding carboxylic acids is 1. The number of hydrogen-bond donors (Lipinski definition) is 1. The molecule has 0 saturated carbocycles. The van der Waals surface area contributed by atoms with Crippen molar-refractivity contribution in [2.24, 2.45) is 0 Å². The third-order valence-corrected chi connectivity index (χ3v) is 6.16. The number of halogens is 1. The van der Waals surface area contributed by atoms with Crippen molar-refractivity contribution in [1.29, 1.82) is 0 Å². The van der Waals surface area contributed by atoms with Gasteiger partial charge in [-0.2, -0.15) is 0 Å². The normalized spacial score (nSPS) is 20.5. The average Bonchev–Trinajstić information content (AvgIpc) is 3.28. The number of morpholine rings is 1. The van der Waals surface area contributed by atoms with Gasteiger partial charge in [-0.1, -0.05) is 22.0 Å². The summed E-state index contributed by atoms with van der Waals surface area (Å²) in [4.78, 5) is 18.3. The van der Waals surface area contributed by atoms with E-state index < -0.39 is 0 Å². The minimum absolute atomic E-state index is 0.163. The summed E-state index contributed by atoms with van der Waals surface area (Å²) < 4.78 is 6.53. The molecule has 2 heterocycles. The second kappa shape index (κ2) is 6.25. The molecule has 2 aliphatic carbocycles. The summed E-state index contributed by atoms with van der Waals surface area (Å²) in [7, 11) is 0. The number of carbonyl (C=O) groups is 1. The minimum atomic E-state index is 0.163. The van der Waals surface area contributed by atoms with Crippen molar-refractivity contribution >= 4 is 38.2 Å². The van der Waals surface area contributed by atoms with Crippen molar-refractivity contribution in [2.75, 3.05) is 26.3 Å². The predicted octanol–water partition coefficient (Wildman–Crippen LogP) is 4.20. The average molecular weight is 411 g/mol. The van der Waals surface area contributed by atoms with Gasteiger partial charge in [0.1, 0.15) is 0 Å². The Labute approximate surface area is 160 Å². The Morgan fingerprint density at radius 2 is 2.00 bits per heavy atom. The lowest BCUT2D eigenvalue weighted by Crippen LogP contribution is -2.36. The molecule has 132 valence electrons. The first-order valence-electron chi connectivity index (χ1n) is 8.98. The number of aromatic nitrogens is 1. The number of ketones is 1. The summed E-state index contributed by atoms with van der Waals surface area (Å²) in [5.74, 6) is 0.163. The van der Waals surface area contributed by atoms with Crippen molar-refractivity contribution in [3.8, 4) is 0 Å². The van der Waals surface area contributed by atoms with Gasteiger partial charge in [0.05, 0.1) is 13.2 Å². The highest BCUT2D eigenvalue weighted by Gasteiger charge is 2.30. The molecule has 0 atom stereocenters. The van der Waals surface area contributed by atoms with Gasteiger partial charge in [0.25, 0.3) is 0 Å². The highest BCUT2D eigenvalue weighted by Crippen LogP contribution is 2.43. The van der Waals surface area contributed by atoms with Crippen LogP contribution in [-0.2, 0) is 9.53 Å². The molecule has 26 heavy (non-hydrogen) atoms. The summed E-state index contributed by atoms with van der Waals surface area (Å²) >= 11 is 3.73. The molecular weight excluding hydrogens is 392 g/mol. The number of allylic oxidation sites excluding steroid dienone is 5. The second-order valence-electron chi connectivity index (χ2n) is 6.95. The van der Waals surface area contributed by atoms with Crippen LogP contribution < -0.4 is 0 Å². The fraction of sp³-hybridized carbons (Fsp3) is 0.286. The van der Waals surface area contributed by atoms with Gasteiger partial charge in [0.15, 0.2) is 5.78 Å². The van der Waals surface area contributed by atoms with E-state index in [-0.39, 0.29) is 5.78 Å².